The van der Waals surface area contributed by atoms with Gasteiger partial charge in [0.25, 0.3) is 0 Å². The Balaban J connectivity index is 1.34. The molecule has 0 radical (unpaired) electrons. The molecule has 28 heavy (non-hydrogen) atoms. The predicted octanol–water partition coefficient (Wildman–Crippen LogP) is 4.19. The Bertz CT molecular complexity index is 766. The highest BCUT2D eigenvalue weighted by atomic mass is 35.5. The zero-order valence-electron chi connectivity index (χ0n) is 16.4. The van der Waals surface area contributed by atoms with Crippen LogP contribution in [0.25, 0.3) is 0 Å². The molecule has 1 N–H and O–H groups in total. The minimum atomic E-state index is 0.233. The van der Waals surface area contributed by atoms with Gasteiger partial charge in [0.05, 0.1) is 10.0 Å². The molecule has 0 spiro atoms. The van der Waals surface area contributed by atoms with Crippen molar-refractivity contribution in [2.75, 3.05) is 50.5 Å². The van der Waals surface area contributed by atoms with Gasteiger partial charge in [-0.2, -0.15) is 4.98 Å². The van der Waals surface area contributed by atoms with Crippen molar-refractivity contribution in [2.24, 2.45) is 0 Å². The maximum Gasteiger partial charge on any atom is 0.226 e. The van der Waals surface area contributed by atoms with Gasteiger partial charge in [-0.15, -0.1) is 0 Å². The SMILES string of the molecule is CN(C)c1nccc(NCCCN2CCC(Oc3ccc(Cl)c(Cl)c3)CC2)n1. The number of halogens is 2. The second kappa shape index (κ2) is 10.1. The van der Waals surface area contributed by atoms with Crippen molar-refractivity contribution in [3.05, 3.63) is 40.5 Å². The number of benzene rings is 1. The molecule has 0 unspecified atom stereocenters. The van der Waals surface area contributed by atoms with Crippen molar-refractivity contribution in [1.82, 2.24) is 14.9 Å². The first-order valence-electron chi connectivity index (χ1n) is 9.59. The van der Waals surface area contributed by atoms with Crippen molar-refractivity contribution < 1.29 is 4.74 Å². The third-order valence-electron chi connectivity index (χ3n) is 4.73. The molecular formula is C20H27Cl2N5O. The fourth-order valence-corrected chi connectivity index (χ4v) is 3.46. The van der Waals surface area contributed by atoms with E-state index in [2.05, 4.69) is 20.2 Å². The van der Waals surface area contributed by atoms with Gasteiger partial charge < -0.3 is 19.9 Å². The molecule has 1 aliphatic heterocycles. The van der Waals surface area contributed by atoms with Crippen molar-refractivity contribution in [2.45, 2.75) is 25.4 Å². The van der Waals surface area contributed by atoms with Crippen LogP contribution in [0.4, 0.5) is 11.8 Å². The first kappa shape index (κ1) is 21.0. The normalized spacial score (nSPS) is 15.4. The summed E-state index contributed by atoms with van der Waals surface area (Å²) in [5.41, 5.74) is 0. The number of hydrogen-bond donors (Lipinski definition) is 1. The third-order valence-corrected chi connectivity index (χ3v) is 5.47. The van der Waals surface area contributed by atoms with E-state index in [1.54, 1.807) is 18.3 Å². The van der Waals surface area contributed by atoms with E-state index in [1.807, 2.05) is 31.1 Å². The summed E-state index contributed by atoms with van der Waals surface area (Å²) < 4.78 is 6.05. The maximum atomic E-state index is 6.06. The first-order chi connectivity index (χ1) is 13.5. The lowest BCUT2D eigenvalue weighted by Gasteiger charge is -2.32. The molecule has 0 atom stereocenters. The summed E-state index contributed by atoms with van der Waals surface area (Å²) in [7, 11) is 3.88. The van der Waals surface area contributed by atoms with Crippen LogP contribution in [0.3, 0.4) is 0 Å². The Morgan fingerprint density at radius 2 is 1.96 bits per heavy atom. The molecule has 1 aromatic carbocycles. The Morgan fingerprint density at radius 1 is 1.18 bits per heavy atom. The van der Waals surface area contributed by atoms with E-state index in [4.69, 9.17) is 27.9 Å². The van der Waals surface area contributed by atoms with E-state index in [-0.39, 0.29) is 6.10 Å². The number of piperidine rings is 1. The van der Waals surface area contributed by atoms with Crippen molar-refractivity contribution in [1.29, 1.82) is 0 Å². The van der Waals surface area contributed by atoms with E-state index < -0.39 is 0 Å². The highest BCUT2D eigenvalue weighted by Gasteiger charge is 2.20. The molecule has 1 aromatic heterocycles. The number of aromatic nitrogens is 2. The summed E-state index contributed by atoms with van der Waals surface area (Å²) >= 11 is 12.0. The Hall–Kier alpha value is -1.76. The van der Waals surface area contributed by atoms with Crippen molar-refractivity contribution in [3.63, 3.8) is 0 Å². The molecule has 1 aliphatic rings. The highest BCUT2D eigenvalue weighted by molar-refractivity contribution is 6.42. The van der Waals surface area contributed by atoms with E-state index in [0.717, 1.165) is 57.0 Å². The lowest BCUT2D eigenvalue weighted by molar-refractivity contribution is 0.100. The molecule has 0 saturated carbocycles. The number of anilines is 2. The van der Waals surface area contributed by atoms with Crippen LogP contribution in [0, 0.1) is 0 Å². The average Bonchev–Trinajstić information content (AvgIpc) is 2.69. The zero-order chi connectivity index (χ0) is 19.9. The van der Waals surface area contributed by atoms with Crippen LogP contribution in [0.2, 0.25) is 10.0 Å². The monoisotopic (exact) mass is 423 g/mol. The van der Waals surface area contributed by atoms with Crippen LogP contribution in [0.5, 0.6) is 5.75 Å². The maximum absolute atomic E-state index is 6.06. The van der Waals surface area contributed by atoms with Crippen LogP contribution < -0.4 is 15.0 Å². The molecule has 1 fully saturated rings. The standard InChI is InChI=1S/C20H27Cl2N5O/c1-26(2)20-24-10-6-19(25-20)23-9-3-11-27-12-7-15(8-13-27)28-16-4-5-17(21)18(22)14-16/h4-6,10,14-15H,3,7-9,11-13H2,1-2H3,(H,23,24,25). The molecule has 8 heteroatoms. The molecule has 2 aromatic rings. The van der Waals surface area contributed by atoms with Gasteiger partial charge in [-0.25, -0.2) is 4.98 Å². The van der Waals surface area contributed by atoms with Crippen LogP contribution >= 0.6 is 23.2 Å². The summed E-state index contributed by atoms with van der Waals surface area (Å²) in [5, 5.41) is 4.46. The molecule has 2 heterocycles. The Kier molecular flexibility index (Phi) is 7.59. The van der Waals surface area contributed by atoms with Crippen LogP contribution in [0.15, 0.2) is 30.5 Å². The summed E-state index contributed by atoms with van der Waals surface area (Å²) in [4.78, 5) is 13.1. The second-order valence-corrected chi connectivity index (χ2v) is 7.97. The molecular weight excluding hydrogens is 397 g/mol. The van der Waals surface area contributed by atoms with E-state index in [9.17, 15) is 0 Å². The number of nitrogens with zero attached hydrogens (tertiary/aromatic N) is 4. The Labute approximate surface area is 176 Å². The summed E-state index contributed by atoms with van der Waals surface area (Å²) in [6, 6.07) is 7.34. The van der Waals surface area contributed by atoms with Gasteiger partial charge in [-0.3, -0.25) is 0 Å². The lowest BCUT2D eigenvalue weighted by Crippen LogP contribution is -2.39. The predicted molar refractivity (Wildman–Crippen MR) is 116 cm³/mol. The molecule has 3 rings (SSSR count). The third kappa shape index (κ3) is 6.12. The largest absolute Gasteiger partial charge is 0.490 e. The highest BCUT2D eigenvalue weighted by Crippen LogP contribution is 2.28. The summed E-state index contributed by atoms with van der Waals surface area (Å²) in [6.07, 6.45) is 5.12. The fourth-order valence-electron chi connectivity index (χ4n) is 3.17. The minimum Gasteiger partial charge on any atom is -0.490 e. The summed E-state index contributed by atoms with van der Waals surface area (Å²) in [6.45, 7) is 4.05. The van der Waals surface area contributed by atoms with Gasteiger partial charge in [-0.1, -0.05) is 23.2 Å². The second-order valence-electron chi connectivity index (χ2n) is 7.15. The van der Waals surface area contributed by atoms with Gasteiger partial charge >= 0.3 is 0 Å². The van der Waals surface area contributed by atoms with E-state index in [1.165, 1.54) is 0 Å². The first-order valence-corrected chi connectivity index (χ1v) is 10.3. The van der Waals surface area contributed by atoms with Gasteiger partial charge in [0.2, 0.25) is 5.95 Å². The average molecular weight is 424 g/mol. The van der Waals surface area contributed by atoms with E-state index >= 15 is 0 Å². The van der Waals surface area contributed by atoms with E-state index in [0.29, 0.717) is 16.0 Å². The van der Waals surface area contributed by atoms with Crippen molar-refractivity contribution in [3.8, 4) is 5.75 Å². The molecule has 0 bridgehead atoms. The lowest BCUT2D eigenvalue weighted by atomic mass is 10.1. The fraction of sp³-hybridized carbons (Fsp3) is 0.500. The van der Waals surface area contributed by atoms with Gasteiger partial charge in [0.1, 0.15) is 17.7 Å². The molecule has 1 saturated heterocycles. The van der Waals surface area contributed by atoms with Crippen molar-refractivity contribution >= 4 is 35.0 Å². The molecule has 0 amide bonds. The quantitative estimate of drug-likeness (QED) is 0.642. The van der Waals surface area contributed by atoms with Gasteiger partial charge in [0, 0.05) is 46.0 Å². The molecule has 152 valence electrons. The van der Waals surface area contributed by atoms with Crippen LogP contribution in [-0.2, 0) is 0 Å². The Morgan fingerprint density at radius 3 is 2.68 bits per heavy atom. The van der Waals surface area contributed by atoms with Crippen LogP contribution in [-0.4, -0.2) is 61.2 Å². The number of rotatable bonds is 8. The smallest absolute Gasteiger partial charge is 0.226 e. The van der Waals surface area contributed by atoms with Crippen LogP contribution in [0.1, 0.15) is 19.3 Å². The molecule has 0 aliphatic carbocycles. The van der Waals surface area contributed by atoms with Gasteiger partial charge in [0.15, 0.2) is 0 Å². The molecule has 6 nitrogen and oxygen atoms in total. The van der Waals surface area contributed by atoms with Gasteiger partial charge in [-0.05, 0) is 44.0 Å². The summed E-state index contributed by atoms with van der Waals surface area (Å²) in [5.74, 6) is 2.38. The number of likely N-dealkylation sites (tertiary alicyclic amines) is 1. The topological polar surface area (TPSA) is 53.5 Å². The zero-order valence-corrected chi connectivity index (χ0v) is 17.9. The number of ether oxygens (including phenoxy) is 1. The minimum absolute atomic E-state index is 0.233. The number of nitrogens with one attached hydrogen (secondary N) is 1. The number of hydrogen-bond acceptors (Lipinski definition) is 6.